The minimum Gasteiger partial charge on any atom is -0.376 e. The minimum atomic E-state index is -0.798. The number of amides is 1. The zero-order chi connectivity index (χ0) is 17.0. The number of hydrogen-bond donors (Lipinski definition) is 2. The second-order valence-corrected chi connectivity index (χ2v) is 6.32. The van der Waals surface area contributed by atoms with E-state index in [1.165, 1.54) is 6.07 Å². The molecule has 0 aromatic heterocycles. The predicted molar refractivity (Wildman–Crippen MR) is 88.6 cm³/mol. The van der Waals surface area contributed by atoms with Crippen LogP contribution < -0.4 is 10.6 Å². The Balaban J connectivity index is 2.03. The molecule has 2 rings (SSSR count). The molecule has 1 amide bonds. The van der Waals surface area contributed by atoms with Gasteiger partial charge in [0.1, 0.15) is 11.6 Å². The van der Waals surface area contributed by atoms with Crippen LogP contribution in [0.25, 0.3) is 0 Å². The molecule has 2 N–H and O–H groups in total. The lowest BCUT2D eigenvalue weighted by molar-refractivity contribution is -0.114. The van der Waals surface area contributed by atoms with Crippen LogP contribution in [-0.4, -0.2) is 12.5 Å². The van der Waals surface area contributed by atoms with Crippen LogP contribution in [0.3, 0.4) is 0 Å². The van der Waals surface area contributed by atoms with E-state index < -0.39 is 17.5 Å². The third-order valence-corrected chi connectivity index (χ3v) is 3.38. The van der Waals surface area contributed by atoms with Gasteiger partial charge in [0.25, 0.3) is 0 Å². The molecule has 2 aromatic carbocycles. The molecule has 0 saturated heterocycles. The molecule has 2 aromatic rings. The molecule has 0 bridgehead atoms. The number of benzene rings is 2. The van der Waals surface area contributed by atoms with E-state index in [1.54, 1.807) is 0 Å². The van der Waals surface area contributed by atoms with Crippen molar-refractivity contribution in [2.24, 2.45) is 0 Å². The summed E-state index contributed by atoms with van der Waals surface area (Å²) in [6, 6.07) is 10.8. The van der Waals surface area contributed by atoms with Gasteiger partial charge in [-0.05, 0) is 29.2 Å². The summed E-state index contributed by atoms with van der Waals surface area (Å²) in [5.74, 6) is -1.88. The zero-order valence-electron chi connectivity index (χ0n) is 13.4. The van der Waals surface area contributed by atoms with Gasteiger partial charge >= 0.3 is 0 Å². The van der Waals surface area contributed by atoms with E-state index in [0.29, 0.717) is 0 Å². The van der Waals surface area contributed by atoms with Crippen LogP contribution in [0.4, 0.5) is 20.2 Å². The van der Waals surface area contributed by atoms with Crippen LogP contribution in [0, 0.1) is 11.6 Å². The Bertz CT molecular complexity index is 708. The first-order valence-corrected chi connectivity index (χ1v) is 7.35. The maximum Gasteiger partial charge on any atom is 0.243 e. The molecule has 122 valence electrons. The van der Waals surface area contributed by atoms with Crippen LogP contribution in [0.2, 0.25) is 0 Å². The van der Waals surface area contributed by atoms with E-state index in [2.05, 4.69) is 31.4 Å². The molecule has 0 saturated carbocycles. The van der Waals surface area contributed by atoms with Crippen molar-refractivity contribution in [2.75, 3.05) is 17.2 Å². The van der Waals surface area contributed by atoms with E-state index in [-0.39, 0.29) is 17.6 Å². The third kappa shape index (κ3) is 4.52. The molecule has 0 unspecified atom stereocenters. The Labute approximate surface area is 134 Å². The van der Waals surface area contributed by atoms with Gasteiger partial charge in [-0.1, -0.05) is 39.0 Å². The van der Waals surface area contributed by atoms with Crippen molar-refractivity contribution < 1.29 is 13.6 Å². The van der Waals surface area contributed by atoms with Crippen molar-refractivity contribution in [3.63, 3.8) is 0 Å². The Hall–Kier alpha value is -2.43. The summed E-state index contributed by atoms with van der Waals surface area (Å²) in [7, 11) is 0. The van der Waals surface area contributed by atoms with Crippen LogP contribution in [0.5, 0.6) is 0 Å². The summed E-state index contributed by atoms with van der Waals surface area (Å²) in [6.07, 6.45) is 0. The number of carbonyl (C=O) groups excluding carboxylic acids is 1. The lowest BCUT2D eigenvalue weighted by Crippen LogP contribution is -2.24. The Morgan fingerprint density at radius 1 is 1.04 bits per heavy atom. The SMILES string of the molecule is CC(C)(C)c1ccccc1NCC(=O)Nc1ccc(F)cc1F. The molecule has 23 heavy (non-hydrogen) atoms. The standard InChI is InChI=1S/C18H20F2N2O/c1-18(2,3)13-6-4-5-7-15(13)21-11-17(23)22-16-9-8-12(19)10-14(16)20/h4-10,21H,11H2,1-3H3,(H,22,23). The summed E-state index contributed by atoms with van der Waals surface area (Å²) in [4.78, 5) is 11.9. The largest absolute Gasteiger partial charge is 0.376 e. The molecule has 0 aliphatic heterocycles. The molecule has 0 aliphatic rings. The van der Waals surface area contributed by atoms with Gasteiger partial charge < -0.3 is 10.6 Å². The molecule has 0 heterocycles. The zero-order valence-corrected chi connectivity index (χ0v) is 13.4. The molecule has 0 radical (unpaired) electrons. The fraction of sp³-hybridized carbons (Fsp3) is 0.278. The number of rotatable bonds is 4. The van der Waals surface area contributed by atoms with Crippen molar-refractivity contribution in [3.8, 4) is 0 Å². The molecule has 0 atom stereocenters. The van der Waals surface area contributed by atoms with Gasteiger partial charge in [0.15, 0.2) is 0 Å². The summed E-state index contributed by atoms with van der Waals surface area (Å²) >= 11 is 0. The number of para-hydroxylation sites is 1. The first kappa shape index (κ1) is 16.9. The average molecular weight is 318 g/mol. The van der Waals surface area contributed by atoms with E-state index in [0.717, 1.165) is 23.4 Å². The molecular formula is C18H20F2N2O. The van der Waals surface area contributed by atoms with Gasteiger partial charge in [-0.15, -0.1) is 0 Å². The molecular weight excluding hydrogens is 298 g/mol. The number of nitrogens with one attached hydrogen (secondary N) is 2. The van der Waals surface area contributed by atoms with E-state index >= 15 is 0 Å². The van der Waals surface area contributed by atoms with E-state index in [1.807, 2.05) is 24.3 Å². The average Bonchev–Trinajstić information content (AvgIpc) is 2.47. The number of hydrogen-bond acceptors (Lipinski definition) is 2. The number of anilines is 2. The minimum absolute atomic E-state index is 0.0100. The maximum atomic E-state index is 13.5. The third-order valence-electron chi connectivity index (χ3n) is 3.38. The number of carbonyl (C=O) groups is 1. The molecule has 3 nitrogen and oxygen atoms in total. The second-order valence-electron chi connectivity index (χ2n) is 6.32. The van der Waals surface area contributed by atoms with Crippen molar-refractivity contribution >= 4 is 17.3 Å². The lowest BCUT2D eigenvalue weighted by atomic mass is 9.86. The fourth-order valence-corrected chi connectivity index (χ4v) is 2.25. The van der Waals surface area contributed by atoms with Crippen molar-refractivity contribution in [1.82, 2.24) is 0 Å². The van der Waals surface area contributed by atoms with Gasteiger partial charge in [0.05, 0.1) is 12.2 Å². The fourth-order valence-electron chi connectivity index (χ4n) is 2.25. The van der Waals surface area contributed by atoms with Gasteiger partial charge in [-0.25, -0.2) is 8.78 Å². The Kier molecular flexibility index (Phi) is 4.98. The van der Waals surface area contributed by atoms with Crippen LogP contribution in [0.15, 0.2) is 42.5 Å². The van der Waals surface area contributed by atoms with Crippen LogP contribution in [0.1, 0.15) is 26.3 Å². The second kappa shape index (κ2) is 6.77. The van der Waals surface area contributed by atoms with Crippen LogP contribution in [-0.2, 0) is 10.2 Å². The van der Waals surface area contributed by atoms with Crippen molar-refractivity contribution in [1.29, 1.82) is 0 Å². The van der Waals surface area contributed by atoms with Crippen molar-refractivity contribution in [3.05, 3.63) is 59.7 Å². The normalized spacial score (nSPS) is 11.2. The summed E-state index contributed by atoms with van der Waals surface area (Å²) in [5.41, 5.74) is 1.83. The summed E-state index contributed by atoms with van der Waals surface area (Å²) < 4.78 is 26.4. The first-order chi connectivity index (χ1) is 10.8. The highest BCUT2D eigenvalue weighted by Gasteiger charge is 2.17. The summed E-state index contributed by atoms with van der Waals surface area (Å²) in [6.45, 7) is 6.24. The van der Waals surface area contributed by atoms with Crippen molar-refractivity contribution in [2.45, 2.75) is 26.2 Å². The highest BCUT2D eigenvalue weighted by Crippen LogP contribution is 2.29. The first-order valence-electron chi connectivity index (χ1n) is 7.35. The highest BCUT2D eigenvalue weighted by molar-refractivity contribution is 5.94. The van der Waals surface area contributed by atoms with Gasteiger partial charge in [-0.2, -0.15) is 0 Å². The van der Waals surface area contributed by atoms with Gasteiger partial charge in [-0.3, -0.25) is 4.79 Å². The summed E-state index contributed by atoms with van der Waals surface area (Å²) in [5, 5.41) is 5.48. The highest BCUT2D eigenvalue weighted by atomic mass is 19.1. The smallest absolute Gasteiger partial charge is 0.243 e. The van der Waals surface area contributed by atoms with Gasteiger partial charge in [0, 0.05) is 11.8 Å². The molecule has 0 spiro atoms. The monoisotopic (exact) mass is 318 g/mol. The van der Waals surface area contributed by atoms with Gasteiger partial charge in [0.2, 0.25) is 5.91 Å². The van der Waals surface area contributed by atoms with E-state index in [4.69, 9.17) is 0 Å². The topological polar surface area (TPSA) is 41.1 Å². The molecule has 0 aliphatic carbocycles. The lowest BCUT2D eigenvalue weighted by Gasteiger charge is -2.23. The van der Waals surface area contributed by atoms with Crippen LogP contribution >= 0.6 is 0 Å². The maximum absolute atomic E-state index is 13.5. The molecule has 5 heteroatoms. The Morgan fingerprint density at radius 2 is 1.74 bits per heavy atom. The van der Waals surface area contributed by atoms with E-state index in [9.17, 15) is 13.6 Å². The Morgan fingerprint density at radius 3 is 2.39 bits per heavy atom. The number of halogens is 2. The quantitative estimate of drug-likeness (QED) is 0.882. The predicted octanol–water partition coefficient (Wildman–Crippen LogP) is 4.31. The molecule has 0 fully saturated rings.